The summed E-state index contributed by atoms with van der Waals surface area (Å²) in [5.41, 5.74) is 4.85. The highest BCUT2D eigenvalue weighted by Gasteiger charge is 2.21. The number of nitrogens with two attached hydrogens (primary N) is 1. The zero-order chi connectivity index (χ0) is 15.3. The highest BCUT2D eigenvalue weighted by atomic mass is 16.6. The minimum absolute atomic E-state index is 0.0549. The Balaban J connectivity index is 4.01. The Morgan fingerprint density at radius 2 is 1.53 bits per heavy atom. The van der Waals surface area contributed by atoms with E-state index in [-0.39, 0.29) is 36.8 Å². The van der Waals surface area contributed by atoms with Crippen LogP contribution >= 0.6 is 0 Å². The molecular weight excluding hydrogens is 246 g/mol. The number of hydrogen-bond acceptors (Lipinski definition) is 5. The van der Waals surface area contributed by atoms with Gasteiger partial charge in [-0.05, 0) is 41.5 Å². The monoisotopic (exact) mass is 273 g/mol. The van der Waals surface area contributed by atoms with Crippen LogP contribution in [0.25, 0.3) is 0 Å². The van der Waals surface area contributed by atoms with Gasteiger partial charge in [-0.25, -0.2) is 0 Å². The SMILES string of the molecule is CC(C)(C)OCC(N)C(=O)CCC(=O)OC(C)(C)C. The average molecular weight is 273 g/mol. The molecule has 0 bridgehead atoms. The largest absolute Gasteiger partial charge is 0.460 e. The topological polar surface area (TPSA) is 78.6 Å². The second-order valence-corrected chi connectivity index (χ2v) is 6.58. The van der Waals surface area contributed by atoms with Crippen molar-refractivity contribution in [2.75, 3.05) is 6.61 Å². The highest BCUT2D eigenvalue weighted by Crippen LogP contribution is 2.10. The average Bonchev–Trinajstić information content (AvgIpc) is 2.19. The van der Waals surface area contributed by atoms with Crippen molar-refractivity contribution in [1.82, 2.24) is 0 Å². The fraction of sp³-hybridized carbons (Fsp3) is 0.857. The minimum Gasteiger partial charge on any atom is -0.460 e. The van der Waals surface area contributed by atoms with Crippen molar-refractivity contribution >= 4 is 11.8 Å². The fourth-order valence-electron chi connectivity index (χ4n) is 1.24. The van der Waals surface area contributed by atoms with Gasteiger partial charge in [-0.2, -0.15) is 0 Å². The summed E-state index contributed by atoms with van der Waals surface area (Å²) in [6.07, 6.45) is 0.142. The molecule has 0 aromatic heterocycles. The minimum atomic E-state index is -0.693. The van der Waals surface area contributed by atoms with Gasteiger partial charge in [-0.1, -0.05) is 0 Å². The van der Waals surface area contributed by atoms with Gasteiger partial charge in [-0.15, -0.1) is 0 Å². The Labute approximate surface area is 115 Å². The van der Waals surface area contributed by atoms with Gasteiger partial charge in [0.05, 0.1) is 24.7 Å². The summed E-state index contributed by atoms with van der Waals surface area (Å²) >= 11 is 0. The van der Waals surface area contributed by atoms with Gasteiger partial charge in [0, 0.05) is 6.42 Å². The zero-order valence-electron chi connectivity index (χ0n) is 12.9. The Morgan fingerprint density at radius 3 is 1.95 bits per heavy atom. The molecule has 5 heteroatoms. The second-order valence-electron chi connectivity index (χ2n) is 6.58. The smallest absolute Gasteiger partial charge is 0.306 e. The van der Waals surface area contributed by atoms with Crippen LogP contribution in [0, 0.1) is 0 Å². The van der Waals surface area contributed by atoms with Crippen LogP contribution in [0.4, 0.5) is 0 Å². The van der Waals surface area contributed by atoms with Crippen LogP contribution in [0.15, 0.2) is 0 Å². The predicted molar refractivity (Wildman–Crippen MR) is 73.8 cm³/mol. The molecule has 112 valence electrons. The fourth-order valence-corrected chi connectivity index (χ4v) is 1.24. The predicted octanol–water partition coefficient (Wildman–Crippen LogP) is 1.82. The molecule has 0 saturated carbocycles. The maximum atomic E-state index is 11.7. The van der Waals surface area contributed by atoms with E-state index in [1.54, 1.807) is 20.8 Å². The Kier molecular flexibility index (Phi) is 6.66. The van der Waals surface area contributed by atoms with E-state index in [9.17, 15) is 9.59 Å². The second kappa shape index (κ2) is 7.01. The first-order chi connectivity index (χ1) is 8.41. The van der Waals surface area contributed by atoms with E-state index in [0.29, 0.717) is 0 Å². The lowest BCUT2D eigenvalue weighted by Crippen LogP contribution is -2.38. The van der Waals surface area contributed by atoms with E-state index in [2.05, 4.69) is 0 Å². The van der Waals surface area contributed by atoms with Gasteiger partial charge in [0.15, 0.2) is 5.78 Å². The summed E-state index contributed by atoms with van der Waals surface area (Å²) in [6.45, 7) is 11.2. The normalized spacial score (nSPS) is 14.1. The molecule has 2 N–H and O–H groups in total. The standard InChI is InChI=1S/C14H27NO4/c1-13(2,3)18-9-10(15)11(16)7-8-12(17)19-14(4,5)6/h10H,7-9,15H2,1-6H3. The third kappa shape index (κ3) is 10.7. The highest BCUT2D eigenvalue weighted by molar-refractivity contribution is 5.87. The van der Waals surface area contributed by atoms with Crippen LogP contribution in [0.2, 0.25) is 0 Å². The molecule has 0 aromatic rings. The number of hydrogen-bond donors (Lipinski definition) is 1. The van der Waals surface area contributed by atoms with Crippen LogP contribution in [0.5, 0.6) is 0 Å². The first-order valence-electron chi connectivity index (χ1n) is 6.55. The number of ether oxygens (including phenoxy) is 2. The molecule has 0 radical (unpaired) electrons. The molecule has 0 saturated heterocycles. The number of carbonyl (C=O) groups excluding carboxylic acids is 2. The van der Waals surface area contributed by atoms with Gasteiger partial charge >= 0.3 is 5.97 Å². The van der Waals surface area contributed by atoms with E-state index in [1.165, 1.54) is 0 Å². The van der Waals surface area contributed by atoms with Crippen LogP contribution in [0.1, 0.15) is 54.4 Å². The van der Waals surface area contributed by atoms with Crippen molar-refractivity contribution in [3.8, 4) is 0 Å². The summed E-state index contributed by atoms with van der Waals surface area (Å²) in [4.78, 5) is 23.2. The summed E-state index contributed by atoms with van der Waals surface area (Å²) in [6, 6.07) is -0.693. The van der Waals surface area contributed by atoms with Gasteiger partial charge < -0.3 is 15.2 Å². The lowest BCUT2D eigenvalue weighted by Gasteiger charge is -2.22. The number of ketones is 1. The van der Waals surface area contributed by atoms with Crippen molar-refractivity contribution in [3.63, 3.8) is 0 Å². The first kappa shape index (κ1) is 18.1. The number of Topliss-reactive ketones (excluding diaryl/α,β-unsaturated/α-hetero) is 1. The summed E-state index contributed by atoms with van der Waals surface area (Å²) in [7, 11) is 0. The number of rotatable bonds is 6. The van der Waals surface area contributed by atoms with Crippen LogP contribution in [-0.2, 0) is 19.1 Å². The zero-order valence-corrected chi connectivity index (χ0v) is 12.9. The maximum absolute atomic E-state index is 11.7. The van der Waals surface area contributed by atoms with Crippen molar-refractivity contribution in [3.05, 3.63) is 0 Å². The van der Waals surface area contributed by atoms with Crippen LogP contribution in [-0.4, -0.2) is 35.6 Å². The molecule has 5 nitrogen and oxygen atoms in total. The van der Waals surface area contributed by atoms with Crippen molar-refractivity contribution in [2.24, 2.45) is 5.73 Å². The van der Waals surface area contributed by atoms with E-state index >= 15 is 0 Å². The summed E-state index contributed by atoms with van der Waals surface area (Å²) < 4.78 is 10.6. The summed E-state index contributed by atoms with van der Waals surface area (Å²) in [5, 5.41) is 0. The van der Waals surface area contributed by atoms with Crippen molar-refractivity contribution in [1.29, 1.82) is 0 Å². The molecule has 0 heterocycles. The molecule has 0 aliphatic heterocycles. The van der Waals surface area contributed by atoms with Crippen LogP contribution in [0.3, 0.4) is 0 Å². The lowest BCUT2D eigenvalue weighted by molar-refractivity contribution is -0.155. The van der Waals surface area contributed by atoms with Crippen molar-refractivity contribution in [2.45, 2.75) is 71.6 Å². The quantitative estimate of drug-likeness (QED) is 0.747. The maximum Gasteiger partial charge on any atom is 0.306 e. The van der Waals surface area contributed by atoms with E-state index in [4.69, 9.17) is 15.2 Å². The van der Waals surface area contributed by atoms with E-state index < -0.39 is 11.6 Å². The number of esters is 1. The van der Waals surface area contributed by atoms with Gasteiger partial charge in [0.1, 0.15) is 5.60 Å². The molecule has 1 atom stereocenters. The molecular formula is C14H27NO4. The van der Waals surface area contributed by atoms with Crippen LogP contribution < -0.4 is 5.73 Å². The van der Waals surface area contributed by atoms with Gasteiger partial charge in [0.2, 0.25) is 0 Å². The molecule has 0 amide bonds. The first-order valence-corrected chi connectivity index (χ1v) is 6.55. The van der Waals surface area contributed by atoms with E-state index in [1.807, 2.05) is 20.8 Å². The Hall–Kier alpha value is -0.940. The molecule has 0 aliphatic rings. The molecule has 19 heavy (non-hydrogen) atoms. The molecule has 0 spiro atoms. The molecule has 0 aliphatic carbocycles. The Morgan fingerprint density at radius 1 is 1.00 bits per heavy atom. The molecule has 0 rings (SSSR count). The van der Waals surface area contributed by atoms with Gasteiger partial charge in [0.25, 0.3) is 0 Å². The Bertz CT molecular complexity index is 312. The third-order valence-electron chi connectivity index (χ3n) is 2.11. The molecule has 0 fully saturated rings. The lowest BCUT2D eigenvalue weighted by atomic mass is 10.1. The van der Waals surface area contributed by atoms with Crippen molar-refractivity contribution < 1.29 is 19.1 Å². The number of carbonyl (C=O) groups is 2. The van der Waals surface area contributed by atoms with Gasteiger partial charge in [-0.3, -0.25) is 9.59 Å². The molecule has 1 unspecified atom stereocenters. The van der Waals surface area contributed by atoms with E-state index in [0.717, 1.165) is 0 Å². The summed E-state index contributed by atoms with van der Waals surface area (Å²) in [5.74, 6) is -0.570. The third-order valence-corrected chi connectivity index (χ3v) is 2.11. The molecule has 0 aromatic carbocycles.